The largest absolute Gasteiger partial charge is 0.482 e. The molecule has 0 atom stereocenters. The summed E-state index contributed by atoms with van der Waals surface area (Å²) in [5.74, 6) is -0.690. The van der Waals surface area contributed by atoms with Gasteiger partial charge in [0, 0.05) is 23.6 Å². The van der Waals surface area contributed by atoms with E-state index in [4.69, 9.17) is 21.1 Å². The molecule has 0 fully saturated rings. The molecule has 0 bridgehead atoms. The van der Waals surface area contributed by atoms with Gasteiger partial charge in [0.1, 0.15) is 5.75 Å². The second-order valence-electron chi connectivity index (χ2n) is 6.02. The van der Waals surface area contributed by atoms with Crippen LogP contribution in [0, 0.1) is 0 Å². The van der Waals surface area contributed by atoms with Crippen LogP contribution in [0.5, 0.6) is 5.75 Å². The maximum Gasteiger partial charge on any atom is 0.344 e. The van der Waals surface area contributed by atoms with Gasteiger partial charge in [-0.25, -0.2) is 10.2 Å². The Morgan fingerprint density at radius 2 is 1.83 bits per heavy atom. The van der Waals surface area contributed by atoms with Crippen LogP contribution in [0.15, 0.2) is 53.6 Å². The summed E-state index contributed by atoms with van der Waals surface area (Å²) in [7, 11) is 0. The summed E-state index contributed by atoms with van der Waals surface area (Å²) in [5, 5.41) is 7.03. The van der Waals surface area contributed by atoms with Gasteiger partial charge in [0.2, 0.25) is 11.8 Å². The molecule has 2 aromatic rings. The average molecular weight is 432 g/mol. The molecule has 0 unspecified atom stereocenters. The first-order valence-corrected chi connectivity index (χ1v) is 9.60. The Kier molecular flexibility index (Phi) is 9.33. The van der Waals surface area contributed by atoms with Crippen molar-refractivity contribution in [3.05, 3.63) is 59.1 Å². The van der Waals surface area contributed by atoms with Crippen molar-refractivity contribution in [2.75, 3.05) is 18.5 Å². The first-order chi connectivity index (χ1) is 14.5. The molecule has 2 amide bonds. The number of ether oxygens (including phenoxy) is 2. The van der Waals surface area contributed by atoms with E-state index in [-0.39, 0.29) is 32.0 Å². The van der Waals surface area contributed by atoms with Gasteiger partial charge in [-0.3, -0.25) is 9.59 Å². The topological polar surface area (TPSA) is 106 Å². The van der Waals surface area contributed by atoms with E-state index >= 15 is 0 Å². The minimum Gasteiger partial charge on any atom is -0.482 e. The Morgan fingerprint density at radius 1 is 1.07 bits per heavy atom. The molecule has 0 heterocycles. The summed E-state index contributed by atoms with van der Waals surface area (Å²) in [4.78, 5) is 35.1. The van der Waals surface area contributed by atoms with Crippen molar-refractivity contribution in [3.63, 3.8) is 0 Å². The standard InChI is InChI=1S/C21H22ClN3O5/c1-2-29-21(28)14-30-18-8-3-5-15(11-18)13-23-25-20(27)10-9-19(26)24-17-7-4-6-16(22)12-17/h3-8,11-13H,2,9-10,14H2,1H3,(H,24,26)(H,25,27). The van der Waals surface area contributed by atoms with Crippen molar-refractivity contribution >= 4 is 41.3 Å². The normalized spacial score (nSPS) is 10.5. The Bertz CT molecular complexity index is 917. The number of anilines is 1. The fraction of sp³-hybridized carbons (Fsp3) is 0.238. The molecule has 2 N–H and O–H groups in total. The Balaban J connectivity index is 1.74. The maximum absolute atomic E-state index is 11.9. The van der Waals surface area contributed by atoms with E-state index in [9.17, 15) is 14.4 Å². The number of benzene rings is 2. The van der Waals surface area contributed by atoms with Crippen LogP contribution in [0.3, 0.4) is 0 Å². The molecular formula is C21H22ClN3O5. The lowest BCUT2D eigenvalue weighted by atomic mass is 10.2. The molecule has 9 heteroatoms. The number of esters is 1. The fourth-order valence-electron chi connectivity index (χ4n) is 2.28. The van der Waals surface area contributed by atoms with E-state index in [0.717, 1.165) is 0 Å². The van der Waals surface area contributed by atoms with Gasteiger partial charge in [-0.2, -0.15) is 5.10 Å². The zero-order chi connectivity index (χ0) is 21.8. The van der Waals surface area contributed by atoms with Crippen LogP contribution in [-0.2, 0) is 19.1 Å². The predicted molar refractivity (Wildman–Crippen MR) is 114 cm³/mol. The number of nitrogens with one attached hydrogen (secondary N) is 2. The molecule has 2 aromatic carbocycles. The number of hydrogen-bond donors (Lipinski definition) is 2. The van der Waals surface area contributed by atoms with E-state index in [2.05, 4.69) is 15.8 Å². The molecule has 0 aromatic heterocycles. The van der Waals surface area contributed by atoms with Crippen LogP contribution in [0.1, 0.15) is 25.3 Å². The highest BCUT2D eigenvalue weighted by Crippen LogP contribution is 2.15. The van der Waals surface area contributed by atoms with Crippen LogP contribution >= 0.6 is 11.6 Å². The summed E-state index contributed by atoms with van der Waals surface area (Å²) in [5.41, 5.74) is 3.59. The minimum absolute atomic E-state index is 0.00501. The van der Waals surface area contributed by atoms with Crippen molar-refractivity contribution in [3.8, 4) is 5.75 Å². The third-order valence-electron chi connectivity index (χ3n) is 3.61. The zero-order valence-corrected chi connectivity index (χ0v) is 17.1. The molecule has 0 aliphatic carbocycles. The lowest BCUT2D eigenvalue weighted by Gasteiger charge is -2.06. The highest BCUT2D eigenvalue weighted by molar-refractivity contribution is 6.30. The maximum atomic E-state index is 11.9. The predicted octanol–water partition coefficient (Wildman–Crippen LogP) is 3.15. The SMILES string of the molecule is CCOC(=O)COc1cccc(C=NNC(=O)CCC(=O)Nc2cccc(Cl)c2)c1. The summed E-state index contributed by atoms with van der Waals surface area (Å²) < 4.78 is 10.1. The van der Waals surface area contributed by atoms with E-state index in [1.165, 1.54) is 6.21 Å². The van der Waals surface area contributed by atoms with Crippen molar-refractivity contribution in [2.24, 2.45) is 5.10 Å². The second kappa shape index (κ2) is 12.2. The smallest absolute Gasteiger partial charge is 0.344 e. The minimum atomic E-state index is -0.455. The quantitative estimate of drug-likeness (QED) is 0.341. The van der Waals surface area contributed by atoms with Crippen LogP contribution in [-0.4, -0.2) is 37.2 Å². The molecule has 158 valence electrons. The average Bonchev–Trinajstić information content (AvgIpc) is 2.71. The Hall–Kier alpha value is -3.39. The summed E-state index contributed by atoms with van der Waals surface area (Å²) in [6, 6.07) is 13.6. The lowest BCUT2D eigenvalue weighted by Crippen LogP contribution is -2.20. The molecule has 2 rings (SSSR count). The lowest BCUT2D eigenvalue weighted by molar-refractivity contribution is -0.145. The van der Waals surface area contributed by atoms with Crippen molar-refractivity contribution in [1.82, 2.24) is 5.43 Å². The molecule has 30 heavy (non-hydrogen) atoms. The third kappa shape index (κ3) is 8.74. The Morgan fingerprint density at radius 3 is 2.60 bits per heavy atom. The van der Waals surface area contributed by atoms with Gasteiger partial charge in [-0.15, -0.1) is 0 Å². The van der Waals surface area contributed by atoms with E-state index in [1.54, 1.807) is 55.5 Å². The van der Waals surface area contributed by atoms with Crippen molar-refractivity contribution < 1.29 is 23.9 Å². The van der Waals surface area contributed by atoms with Gasteiger partial charge in [0.25, 0.3) is 0 Å². The van der Waals surface area contributed by atoms with Gasteiger partial charge in [-0.1, -0.05) is 29.8 Å². The van der Waals surface area contributed by atoms with Gasteiger partial charge in [0.15, 0.2) is 6.61 Å². The first kappa shape index (κ1) is 22.9. The van der Waals surface area contributed by atoms with E-state index in [1.807, 2.05) is 0 Å². The first-order valence-electron chi connectivity index (χ1n) is 9.22. The molecule has 0 saturated carbocycles. The number of rotatable bonds is 10. The van der Waals surface area contributed by atoms with Crippen LogP contribution < -0.4 is 15.5 Å². The third-order valence-corrected chi connectivity index (χ3v) is 3.85. The van der Waals surface area contributed by atoms with E-state index in [0.29, 0.717) is 22.0 Å². The van der Waals surface area contributed by atoms with Crippen LogP contribution in [0.25, 0.3) is 0 Å². The summed E-state index contributed by atoms with van der Waals surface area (Å²) in [6.45, 7) is 1.81. The number of halogens is 1. The van der Waals surface area contributed by atoms with Gasteiger partial charge in [-0.05, 0) is 42.8 Å². The van der Waals surface area contributed by atoms with Crippen LogP contribution in [0.2, 0.25) is 5.02 Å². The van der Waals surface area contributed by atoms with E-state index < -0.39 is 11.9 Å². The van der Waals surface area contributed by atoms with Gasteiger partial charge < -0.3 is 14.8 Å². The molecule has 8 nitrogen and oxygen atoms in total. The summed E-state index contributed by atoms with van der Waals surface area (Å²) in [6.07, 6.45) is 1.42. The monoisotopic (exact) mass is 431 g/mol. The van der Waals surface area contributed by atoms with Gasteiger partial charge in [0.05, 0.1) is 12.8 Å². The molecule has 0 radical (unpaired) electrons. The number of hydrogen-bond acceptors (Lipinski definition) is 6. The zero-order valence-electron chi connectivity index (χ0n) is 16.4. The van der Waals surface area contributed by atoms with Crippen molar-refractivity contribution in [1.29, 1.82) is 0 Å². The number of hydrazone groups is 1. The molecule has 0 saturated heterocycles. The number of carbonyl (C=O) groups is 3. The highest BCUT2D eigenvalue weighted by Gasteiger charge is 2.07. The molecule has 0 aliphatic rings. The molecule has 0 spiro atoms. The van der Waals surface area contributed by atoms with Crippen molar-refractivity contribution in [2.45, 2.75) is 19.8 Å². The number of nitrogens with zero attached hydrogens (tertiary/aromatic N) is 1. The fourth-order valence-corrected chi connectivity index (χ4v) is 2.47. The molecular weight excluding hydrogens is 410 g/mol. The highest BCUT2D eigenvalue weighted by atomic mass is 35.5. The van der Waals surface area contributed by atoms with Gasteiger partial charge >= 0.3 is 5.97 Å². The number of carbonyl (C=O) groups excluding carboxylic acids is 3. The summed E-state index contributed by atoms with van der Waals surface area (Å²) >= 11 is 5.86. The Labute approximate surface area is 179 Å². The molecule has 0 aliphatic heterocycles. The number of amides is 2. The van der Waals surface area contributed by atoms with Crippen LogP contribution in [0.4, 0.5) is 5.69 Å². The second-order valence-corrected chi connectivity index (χ2v) is 6.45.